The fourth-order valence-electron chi connectivity index (χ4n) is 2.48. The van der Waals surface area contributed by atoms with Gasteiger partial charge in [-0.25, -0.2) is 0 Å². The number of unbranched alkanes of at least 4 members (excludes halogenated alkanes) is 6. The van der Waals surface area contributed by atoms with Gasteiger partial charge in [0.15, 0.2) is 0 Å². The van der Waals surface area contributed by atoms with Crippen LogP contribution in [0.5, 0.6) is 0 Å². The first kappa shape index (κ1) is 20.6. The largest absolute Gasteiger partial charge is 0.481 e. The summed E-state index contributed by atoms with van der Waals surface area (Å²) >= 11 is 1.82. The topological polar surface area (TPSA) is 37.3 Å². The molecule has 1 rings (SSSR count). The molecule has 0 aromatic heterocycles. The summed E-state index contributed by atoms with van der Waals surface area (Å²) in [4.78, 5) is 10.6. The fraction of sp³-hybridized carbons (Fsp3) is 0.571. The Bertz CT molecular complexity index is 528. The van der Waals surface area contributed by atoms with Crippen LogP contribution in [0.3, 0.4) is 0 Å². The summed E-state index contributed by atoms with van der Waals surface area (Å²) in [5.74, 6) is 7.59. The van der Waals surface area contributed by atoms with E-state index in [-0.39, 0.29) is 6.42 Å². The smallest absolute Gasteiger partial charge is 0.303 e. The number of hydrogen-bond acceptors (Lipinski definition) is 2. The number of carboxylic acids is 1. The number of aryl methyl sites for hydroxylation is 1. The van der Waals surface area contributed by atoms with E-state index in [1.807, 2.05) is 23.9 Å². The van der Waals surface area contributed by atoms with Crippen molar-refractivity contribution in [2.24, 2.45) is 0 Å². The van der Waals surface area contributed by atoms with Crippen molar-refractivity contribution in [2.45, 2.75) is 70.5 Å². The monoisotopic (exact) mass is 346 g/mol. The lowest BCUT2D eigenvalue weighted by atomic mass is 10.1. The van der Waals surface area contributed by atoms with Crippen molar-refractivity contribution < 1.29 is 9.90 Å². The number of hydrogen-bond donors (Lipinski definition) is 1. The first-order chi connectivity index (χ1) is 11.7. The Morgan fingerprint density at radius 2 is 1.83 bits per heavy atom. The van der Waals surface area contributed by atoms with Crippen LogP contribution < -0.4 is 0 Å². The molecule has 0 fully saturated rings. The Balaban J connectivity index is 2.11. The summed E-state index contributed by atoms with van der Waals surface area (Å²) in [5.41, 5.74) is 2.35. The highest BCUT2D eigenvalue weighted by molar-refractivity contribution is 7.98. The maximum Gasteiger partial charge on any atom is 0.303 e. The standard InChI is InChI=1S/C21H30O2S/c1-2-3-4-5-6-7-8-9-10-16-24-18-20-13-11-12-19(17-20)14-15-21(22)23/h11-13,17H,2-8,14-16,18H2,1H3,(H,22,23). The normalized spacial score (nSPS) is 10.2. The van der Waals surface area contributed by atoms with Gasteiger partial charge in [-0.15, -0.1) is 17.7 Å². The highest BCUT2D eigenvalue weighted by atomic mass is 32.2. The number of carboxylic acid groups (broad SMARTS) is 1. The van der Waals surface area contributed by atoms with Crippen LogP contribution in [-0.4, -0.2) is 16.8 Å². The molecule has 0 unspecified atom stereocenters. The molecular formula is C21H30O2S. The average Bonchev–Trinajstić information content (AvgIpc) is 2.58. The van der Waals surface area contributed by atoms with Crippen molar-refractivity contribution in [3.8, 4) is 11.8 Å². The molecule has 0 aliphatic heterocycles. The highest BCUT2D eigenvalue weighted by Gasteiger charge is 2.00. The third-order valence-electron chi connectivity index (χ3n) is 3.84. The Morgan fingerprint density at radius 1 is 1.08 bits per heavy atom. The van der Waals surface area contributed by atoms with Crippen LogP contribution in [0.2, 0.25) is 0 Å². The van der Waals surface area contributed by atoms with Crippen molar-refractivity contribution in [2.75, 3.05) is 5.75 Å². The number of benzene rings is 1. The third kappa shape index (κ3) is 11.2. The molecule has 0 aliphatic carbocycles. The Hall–Kier alpha value is -1.40. The van der Waals surface area contributed by atoms with E-state index < -0.39 is 5.97 Å². The van der Waals surface area contributed by atoms with E-state index in [4.69, 9.17) is 5.11 Å². The molecule has 0 heterocycles. The molecule has 0 atom stereocenters. The van der Waals surface area contributed by atoms with Gasteiger partial charge in [0.2, 0.25) is 0 Å². The zero-order valence-electron chi connectivity index (χ0n) is 14.9. The summed E-state index contributed by atoms with van der Waals surface area (Å²) in [6, 6.07) is 8.22. The molecular weight excluding hydrogens is 316 g/mol. The first-order valence-electron chi connectivity index (χ1n) is 9.05. The van der Waals surface area contributed by atoms with Gasteiger partial charge >= 0.3 is 5.97 Å². The van der Waals surface area contributed by atoms with E-state index in [2.05, 4.69) is 30.9 Å². The minimum atomic E-state index is -0.740. The van der Waals surface area contributed by atoms with Gasteiger partial charge in [-0.3, -0.25) is 4.79 Å². The van der Waals surface area contributed by atoms with Crippen LogP contribution in [0.1, 0.15) is 69.4 Å². The number of aliphatic carboxylic acids is 1. The number of rotatable bonds is 12. The third-order valence-corrected chi connectivity index (χ3v) is 4.73. The van der Waals surface area contributed by atoms with Crippen molar-refractivity contribution in [3.63, 3.8) is 0 Å². The van der Waals surface area contributed by atoms with Gasteiger partial charge in [0, 0.05) is 18.6 Å². The van der Waals surface area contributed by atoms with E-state index in [1.54, 1.807) is 0 Å². The predicted octanol–water partition coefficient (Wildman–Crippen LogP) is 5.69. The molecule has 0 bridgehead atoms. The summed E-state index contributed by atoms with van der Waals surface area (Å²) in [7, 11) is 0. The van der Waals surface area contributed by atoms with Crippen LogP contribution in [-0.2, 0) is 17.0 Å². The summed E-state index contributed by atoms with van der Waals surface area (Å²) < 4.78 is 0. The minimum absolute atomic E-state index is 0.195. The average molecular weight is 347 g/mol. The van der Waals surface area contributed by atoms with Crippen LogP contribution >= 0.6 is 11.8 Å². The van der Waals surface area contributed by atoms with E-state index in [0.717, 1.165) is 23.5 Å². The van der Waals surface area contributed by atoms with Crippen molar-refractivity contribution >= 4 is 17.7 Å². The SMILES string of the molecule is CCCCCCCCC#CCSCc1cccc(CCC(=O)O)c1. The summed E-state index contributed by atoms with van der Waals surface area (Å²) in [6.07, 6.45) is 9.74. The maximum absolute atomic E-state index is 10.6. The van der Waals surface area contributed by atoms with Crippen LogP contribution in [0.15, 0.2) is 24.3 Å². The lowest BCUT2D eigenvalue weighted by molar-refractivity contribution is -0.136. The van der Waals surface area contributed by atoms with Crippen LogP contribution in [0.4, 0.5) is 0 Å². The second kappa shape index (κ2) is 14.0. The van der Waals surface area contributed by atoms with E-state index >= 15 is 0 Å². The first-order valence-corrected chi connectivity index (χ1v) is 10.2. The quantitative estimate of drug-likeness (QED) is 0.390. The molecule has 1 aromatic carbocycles. The Kier molecular flexibility index (Phi) is 12.0. The summed E-state index contributed by atoms with van der Waals surface area (Å²) in [5, 5.41) is 8.74. The lowest BCUT2D eigenvalue weighted by Crippen LogP contribution is -1.97. The van der Waals surface area contributed by atoms with E-state index in [9.17, 15) is 4.79 Å². The molecule has 1 N–H and O–H groups in total. The predicted molar refractivity (Wildman–Crippen MR) is 104 cm³/mol. The second-order valence-electron chi connectivity index (χ2n) is 6.08. The molecule has 0 aliphatic rings. The van der Waals surface area contributed by atoms with Gasteiger partial charge in [-0.1, -0.05) is 69.2 Å². The van der Waals surface area contributed by atoms with Gasteiger partial charge in [0.25, 0.3) is 0 Å². The molecule has 1 aromatic rings. The molecule has 0 spiro atoms. The molecule has 0 amide bonds. The van der Waals surface area contributed by atoms with Gasteiger partial charge in [-0.2, -0.15) is 0 Å². The highest BCUT2D eigenvalue weighted by Crippen LogP contribution is 2.14. The zero-order valence-corrected chi connectivity index (χ0v) is 15.7. The van der Waals surface area contributed by atoms with Crippen LogP contribution in [0.25, 0.3) is 0 Å². The lowest BCUT2D eigenvalue weighted by Gasteiger charge is -2.03. The number of thioether (sulfide) groups is 1. The number of carbonyl (C=O) groups is 1. The molecule has 2 nitrogen and oxygen atoms in total. The maximum atomic E-state index is 10.6. The minimum Gasteiger partial charge on any atom is -0.481 e. The van der Waals surface area contributed by atoms with Gasteiger partial charge < -0.3 is 5.11 Å². The molecule has 0 saturated heterocycles. The zero-order chi connectivity index (χ0) is 17.5. The van der Waals surface area contributed by atoms with E-state index in [0.29, 0.717) is 6.42 Å². The van der Waals surface area contributed by atoms with Crippen molar-refractivity contribution in [1.82, 2.24) is 0 Å². The van der Waals surface area contributed by atoms with Gasteiger partial charge in [0.1, 0.15) is 0 Å². The molecule has 0 saturated carbocycles. The molecule has 24 heavy (non-hydrogen) atoms. The van der Waals surface area contributed by atoms with Crippen LogP contribution in [0, 0.1) is 11.8 Å². The van der Waals surface area contributed by atoms with E-state index in [1.165, 1.54) is 44.1 Å². The Labute approximate surface area is 151 Å². The summed E-state index contributed by atoms with van der Waals surface area (Å²) in [6.45, 7) is 2.25. The Morgan fingerprint density at radius 3 is 2.62 bits per heavy atom. The van der Waals surface area contributed by atoms with Crippen molar-refractivity contribution in [1.29, 1.82) is 0 Å². The van der Waals surface area contributed by atoms with Crippen molar-refractivity contribution in [3.05, 3.63) is 35.4 Å². The molecule has 0 radical (unpaired) electrons. The van der Waals surface area contributed by atoms with Gasteiger partial charge in [0.05, 0.1) is 5.75 Å². The molecule has 3 heteroatoms. The fourth-order valence-corrected chi connectivity index (χ4v) is 3.20. The van der Waals surface area contributed by atoms with Gasteiger partial charge in [-0.05, 0) is 24.0 Å². The second-order valence-corrected chi connectivity index (χ2v) is 7.06. The molecule has 132 valence electrons.